The Kier molecular flexibility index (Phi) is 5.69. The molecule has 124 valence electrons. The van der Waals surface area contributed by atoms with Crippen LogP contribution in [0.4, 0.5) is 4.39 Å². The van der Waals surface area contributed by atoms with Crippen LogP contribution in [0.5, 0.6) is 5.88 Å². The second-order valence-corrected chi connectivity index (χ2v) is 5.75. The first kappa shape index (κ1) is 17.1. The Bertz CT molecular complexity index is 503. The van der Waals surface area contributed by atoms with Gasteiger partial charge in [-0.05, 0) is 20.0 Å². The zero-order valence-corrected chi connectivity index (χ0v) is 13.3. The van der Waals surface area contributed by atoms with Crippen LogP contribution >= 0.6 is 0 Å². The van der Waals surface area contributed by atoms with E-state index in [0.717, 1.165) is 0 Å². The quantitative estimate of drug-likeness (QED) is 0.792. The number of hydrogen-bond acceptors (Lipinski definition) is 6. The third kappa shape index (κ3) is 3.38. The summed E-state index contributed by atoms with van der Waals surface area (Å²) in [7, 11) is 3.36. The molecule has 2 rings (SSSR count). The molecule has 1 aliphatic rings. The lowest BCUT2D eigenvalue weighted by molar-refractivity contribution is -0.106. The summed E-state index contributed by atoms with van der Waals surface area (Å²) < 4.78 is 24.5. The van der Waals surface area contributed by atoms with Crippen molar-refractivity contribution >= 4 is 0 Å². The number of morpholine rings is 1. The van der Waals surface area contributed by atoms with Crippen molar-refractivity contribution in [3.63, 3.8) is 0 Å². The lowest BCUT2D eigenvalue weighted by atomic mass is 9.96. The summed E-state index contributed by atoms with van der Waals surface area (Å²) in [5, 5.41) is 13.0. The summed E-state index contributed by atoms with van der Waals surface area (Å²) >= 11 is 0. The number of nitrogens with zero attached hydrogens (tertiary/aromatic N) is 2. The molecule has 6 nitrogen and oxygen atoms in total. The predicted molar refractivity (Wildman–Crippen MR) is 80.3 cm³/mol. The summed E-state index contributed by atoms with van der Waals surface area (Å²) in [6, 6.07) is 1.83. The molecule has 0 bridgehead atoms. The van der Waals surface area contributed by atoms with E-state index < -0.39 is 11.4 Å². The van der Waals surface area contributed by atoms with Crippen LogP contribution in [0.3, 0.4) is 0 Å². The van der Waals surface area contributed by atoms with Crippen molar-refractivity contribution in [2.24, 2.45) is 0 Å². The molecule has 0 aromatic carbocycles. The van der Waals surface area contributed by atoms with Crippen molar-refractivity contribution in [3.8, 4) is 5.88 Å². The second-order valence-electron chi connectivity index (χ2n) is 5.75. The summed E-state index contributed by atoms with van der Waals surface area (Å²) in [4.78, 5) is 5.93. The molecule has 22 heavy (non-hydrogen) atoms. The smallest absolute Gasteiger partial charge is 0.250 e. The molecule has 1 fully saturated rings. The average molecular weight is 313 g/mol. The van der Waals surface area contributed by atoms with Crippen LogP contribution in [0.1, 0.15) is 12.5 Å². The summed E-state index contributed by atoms with van der Waals surface area (Å²) in [5.74, 6) is -0.472. The number of rotatable bonds is 6. The molecular weight excluding hydrogens is 289 g/mol. The predicted octanol–water partition coefficient (Wildman–Crippen LogP) is 0.400. The molecule has 2 heterocycles. The number of hydrogen-bond donors (Lipinski definition) is 2. The first-order valence-corrected chi connectivity index (χ1v) is 7.33. The van der Waals surface area contributed by atoms with Gasteiger partial charge in [0.15, 0.2) is 5.82 Å². The molecule has 0 amide bonds. The van der Waals surface area contributed by atoms with Crippen molar-refractivity contribution < 1.29 is 19.0 Å². The fraction of sp³-hybridized carbons (Fsp3) is 0.667. The molecule has 0 unspecified atom stereocenters. The Morgan fingerprint density at radius 1 is 1.64 bits per heavy atom. The molecule has 0 saturated carbocycles. The number of ether oxygens (including phenoxy) is 2. The van der Waals surface area contributed by atoms with E-state index in [9.17, 15) is 9.50 Å². The highest BCUT2D eigenvalue weighted by Gasteiger charge is 2.40. The van der Waals surface area contributed by atoms with Crippen LogP contribution in [0.15, 0.2) is 12.3 Å². The second kappa shape index (κ2) is 7.32. The van der Waals surface area contributed by atoms with Crippen molar-refractivity contribution in [1.29, 1.82) is 0 Å². The van der Waals surface area contributed by atoms with Crippen molar-refractivity contribution in [1.82, 2.24) is 15.2 Å². The highest BCUT2D eigenvalue weighted by Crippen LogP contribution is 2.22. The Hall–Kier alpha value is -1.28. The van der Waals surface area contributed by atoms with E-state index in [1.807, 2.05) is 7.05 Å². The summed E-state index contributed by atoms with van der Waals surface area (Å²) in [5.41, 5.74) is -0.0157. The minimum absolute atomic E-state index is 0.0112. The van der Waals surface area contributed by atoms with Gasteiger partial charge in [-0.15, -0.1) is 0 Å². The summed E-state index contributed by atoms with van der Waals surface area (Å²) in [6.45, 7) is 3.94. The first-order valence-electron chi connectivity index (χ1n) is 7.33. The maximum absolute atomic E-state index is 14.0. The largest absolute Gasteiger partial charge is 0.479 e. The third-order valence-electron chi connectivity index (χ3n) is 4.33. The number of aromatic nitrogens is 1. The minimum Gasteiger partial charge on any atom is -0.479 e. The SMILES string of the molecule is COc1nccc(CNC[C@]2(CO)COC[C@@H](C)N2C)c1F. The van der Waals surface area contributed by atoms with E-state index in [2.05, 4.69) is 22.1 Å². The van der Waals surface area contributed by atoms with Crippen LogP contribution in [-0.2, 0) is 11.3 Å². The van der Waals surface area contributed by atoms with Crippen molar-refractivity contribution in [3.05, 3.63) is 23.6 Å². The van der Waals surface area contributed by atoms with Gasteiger partial charge < -0.3 is 19.9 Å². The van der Waals surface area contributed by atoms with Gasteiger partial charge in [0.25, 0.3) is 0 Å². The van der Waals surface area contributed by atoms with Gasteiger partial charge in [-0.1, -0.05) is 0 Å². The fourth-order valence-electron chi connectivity index (χ4n) is 2.66. The number of nitrogens with one attached hydrogen (secondary N) is 1. The highest BCUT2D eigenvalue weighted by molar-refractivity contribution is 5.23. The molecule has 0 radical (unpaired) electrons. The molecule has 1 saturated heterocycles. The number of pyridine rings is 1. The Morgan fingerprint density at radius 2 is 2.41 bits per heavy atom. The molecule has 0 spiro atoms. The zero-order valence-electron chi connectivity index (χ0n) is 13.3. The molecule has 2 atom stereocenters. The van der Waals surface area contributed by atoms with Crippen LogP contribution in [0, 0.1) is 5.82 Å². The molecule has 0 aliphatic carbocycles. The van der Waals surface area contributed by atoms with Gasteiger partial charge >= 0.3 is 0 Å². The van der Waals surface area contributed by atoms with E-state index in [4.69, 9.17) is 9.47 Å². The molecule has 1 aliphatic heterocycles. The van der Waals surface area contributed by atoms with Gasteiger partial charge in [-0.25, -0.2) is 9.37 Å². The van der Waals surface area contributed by atoms with Crippen LogP contribution in [0.25, 0.3) is 0 Å². The van der Waals surface area contributed by atoms with E-state index in [0.29, 0.717) is 31.9 Å². The van der Waals surface area contributed by atoms with Crippen molar-refractivity contribution in [2.45, 2.75) is 25.0 Å². The molecule has 1 aromatic heterocycles. The highest BCUT2D eigenvalue weighted by atomic mass is 19.1. The zero-order chi connectivity index (χ0) is 16.2. The van der Waals surface area contributed by atoms with Gasteiger partial charge in [0.05, 0.1) is 32.5 Å². The van der Waals surface area contributed by atoms with Gasteiger partial charge in [0.1, 0.15) is 0 Å². The number of aliphatic hydroxyl groups is 1. The normalized spacial score (nSPS) is 26.1. The Labute approximate surface area is 130 Å². The average Bonchev–Trinajstić information content (AvgIpc) is 2.53. The van der Waals surface area contributed by atoms with Crippen LogP contribution < -0.4 is 10.1 Å². The van der Waals surface area contributed by atoms with Gasteiger partial charge in [-0.2, -0.15) is 0 Å². The van der Waals surface area contributed by atoms with E-state index in [1.54, 1.807) is 6.07 Å². The summed E-state index contributed by atoms with van der Waals surface area (Å²) in [6.07, 6.45) is 1.51. The third-order valence-corrected chi connectivity index (χ3v) is 4.33. The lowest BCUT2D eigenvalue weighted by Crippen LogP contribution is -2.65. The van der Waals surface area contributed by atoms with Gasteiger partial charge in [-0.3, -0.25) is 4.90 Å². The Morgan fingerprint density at radius 3 is 3.09 bits per heavy atom. The maximum atomic E-state index is 14.0. The van der Waals surface area contributed by atoms with E-state index in [1.165, 1.54) is 13.3 Å². The number of likely N-dealkylation sites (N-methyl/N-ethyl adjacent to an activating group) is 1. The lowest BCUT2D eigenvalue weighted by Gasteiger charge is -2.47. The molecule has 1 aromatic rings. The Balaban J connectivity index is 2.00. The number of methoxy groups -OCH3 is 1. The maximum Gasteiger partial charge on any atom is 0.250 e. The van der Waals surface area contributed by atoms with Crippen molar-refractivity contribution in [2.75, 3.05) is 40.5 Å². The van der Waals surface area contributed by atoms with E-state index in [-0.39, 0.29) is 18.5 Å². The van der Waals surface area contributed by atoms with Gasteiger partial charge in [0.2, 0.25) is 5.88 Å². The van der Waals surface area contributed by atoms with Gasteiger partial charge in [0, 0.05) is 30.9 Å². The molecule has 7 heteroatoms. The van der Waals surface area contributed by atoms with Crippen LogP contribution in [-0.4, -0.2) is 67.1 Å². The van der Waals surface area contributed by atoms with Crippen LogP contribution in [0.2, 0.25) is 0 Å². The number of aliphatic hydroxyl groups excluding tert-OH is 1. The first-order chi connectivity index (χ1) is 10.5. The fourth-order valence-corrected chi connectivity index (χ4v) is 2.66. The molecule has 2 N–H and O–H groups in total. The van der Waals surface area contributed by atoms with E-state index >= 15 is 0 Å². The minimum atomic E-state index is -0.495. The standard InChI is InChI=1S/C15H24FN3O3/c1-11-7-22-10-15(9-20,19(11)2)8-17-6-12-4-5-18-14(21-3)13(12)16/h4-5,11,17,20H,6-10H2,1-3H3/t11-,15+/m1/s1. The monoisotopic (exact) mass is 313 g/mol. The molecular formula is C15H24FN3O3. The number of halogens is 1. The topological polar surface area (TPSA) is 66.8 Å².